The number of ether oxygens (including phenoxy) is 1. The van der Waals surface area contributed by atoms with Gasteiger partial charge in [0.15, 0.2) is 0 Å². The monoisotopic (exact) mass is 349 g/mol. The minimum atomic E-state index is -0.523. The number of hydrogen-bond acceptors (Lipinski definition) is 3. The molecule has 0 radical (unpaired) electrons. The molecule has 1 N–H and O–H groups in total. The van der Waals surface area contributed by atoms with Crippen LogP contribution in [0.15, 0.2) is 46.9 Å². The highest BCUT2D eigenvalue weighted by Gasteiger charge is 2.11. The van der Waals surface area contributed by atoms with E-state index in [1.54, 1.807) is 7.11 Å². The molecule has 0 spiro atoms. The predicted molar refractivity (Wildman–Crippen MR) is 90.1 cm³/mol. The third-order valence-corrected chi connectivity index (χ3v) is 4.04. The lowest BCUT2D eigenvalue weighted by molar-refractivity contribution is 0.178. The second-order valence-corrected chi connectivity index (χ2v) is 6.03. The Balaban J connectivity index is 2.15. The first-order chi connectivity index (χ1) is 10.0. The van der Waals surface area contributed by atoms with E-state index in [1.807, 2.05) is 61.5 Å². The average molecular weight is 350 g/mol. The first-order valence-corrected chi connectivity index (χ1v) is 7.58. The summed E-state index contributed by atoms with van der Waals surface area (Å²) in [6.45, 7) is 0. The number of halogens is 1. The van der Waals surface area contributed by atoms with Crippen LogP contribution < -0.4 is 9.64 Å². The largest absolute Gasteiger partial charge is 0.496 e. The summed E-state index contributed by atoms with van der Waals surface area (Å²) >= 11 is 3.47. The highest BCUT2D eigenvalue weighted by molar-refractivity contribution is 9.10. The third kappa shape index (κ3) is 3.99. The van der Waals surface area contributed by atoms with Crippen molar-refractivity contribution in [3.63, 3.8) is 0 Å². The molecule has 0 saturated carbocycles. The fourth-order valence-electron chi connectivity index (χ4n) is 2.19. The van der Waals surface area contributed by atoms with Gasteiger partial charge in [0.1, 0.15) is 5.75 Å². The Morgan fingerprint density at radius 1 is 1.19 bits per heavy atom. The first kappa shape index (κ1) is 15.9. The Morgan fingerprint density at radius 3 is 2.57 bits per heavy atom. The van der Waals surface area contributed by atoms with Crippen LogP contribution in [0.5, 0.6) is 5.75 Å². The van der Waals surface area contributed by atoms with Crippen molar-refractivity contribution in [1.29, 1.82) is 0 Å². The highest BCUT2D eigenvalue weighted by Crippen LogP contribution is 2.28. The van der Waals surface area contributed by atoms with E-state index in [4.69, 9.17) is 4.74 Å². The summed E-state index contributed by atoms with van der Waals surface area (Å²) in [7, 11) is 5.62. The van der Waals surface area contributed by atoms with Gasteiger partial charge in [-0.05, 0) is 51.3 Å². The second-order valence-electron chi connectivity index (χ2n) is 5.18. The number of anilines is 1. The van der Waals surface area contributed by atoms with Gasteiger partial charge in [-0.15, -0.1) is 0 Å². The molecule has 1 atom stereocenters. The zero-order chi connectivity index (χ0) is 15.4. The molecular weight excluding hydrogens is 330 g/mol. The molecule has 1 unspecified atom stereocenters. The number of aliphatic hydroxyl groups excluding tert-OH is 1. The number of methoxy groups -OCH3 is 1. The molecule has 112 valence electrons. The second kappa shape index (κ2) is 6.96. The number of rotatable bonds is 5. The molecule has 0 fully saturated rings. The normalized spacial score (nSPS) is 12.0. The lowest BCUT2D eigenvalue weighted by Gasteiger charge is -2.17. The molecule has 21 heavy (non-hydrogen) atoms. The van der Waals surface area contributed by atoms with E-state index in [-0.39, 0.29) is 0 Å². The van der Waals surface area contributed by atoms with Crippen LogP contribution >= 0.6 is 15.9 Å². The third-order valence-electron chi connectivity index (χ3n) is 3.42. The van der Waals surface area contributed by atoms with Gasteiger partial charge in [-0.3, -0.25) is 0 Å². The van der Waals surface area contributed by atoms with Gasteiger partial charge in [-0.1, -0.05) is 18.2 Å². The molecule has 0 amide bonds. The maximum Gasteiger partial charge on any atom is 0.133 e. The van der Waals surface area contributed by atoms with Gasteiger partial charge in [-0.2, -0.15) is 0 Å². The van der Waals surface area contributed by atoms with Crippen LogP contribution in [0.2, 0.25) is 0 Å². The molecule has 3 nitrogen and oxygen atoms in total. The first-order valence-electron chi connectivity index (χ1n) is 6.79. The van der Waals surface area contributed by atoms with Crippen molar-refractivity contribution in [2.45, 2.75) is 12.5 Å². The topological polar surface area (TPSA) is 32.7 Å². The molecule has 2 aromatic carbocycles. The number of aliphatic hydroxyl groups is 1. The molecule has 2 rings (SSSR count). The Bertz CT molecular complexity index is 613. The van der Waals surface area contributed by atoms with Crippen LogP contribution in [0.4, 0.5) is 5.69 Å². The zero-order valence-corrected chi connectivity index (χ0v) is 14.1. The maximum absolute atomic E-state index is 10.4. The van der Waals surface area contributed by atoms with Crippen LogP contribution in [0, 0.1) is 0 Å². The van der Waals surface area contributed by atoms with Crippen molar-refractivity contribution in [3.05, 3.63) is 58.1 Å². The van der Waals surface area contributed by atoms with Crippen molar-refractivity contribution < 1.29 is 9.84 Å². The quantitative estimate of drug-likeness (QED) is 0.890. The van der Waals surface area contributed by atoms with Gasteiger partial charge >= 0.3 is 0 Å². The number of nitrogens with zero attached hydrogens (tertiary/aromatic N) is 1. The Hall–Kier alpha value is -1.52. The highest BCUT2D eigenvalue weighted by atomic mass is 79.9. The van der Waals surface area contributed by atoms with Gasteiger partial charge in [0.05, 0.1) is 17.7 Å². The molecule has 0 aliphatic rings. The number of benzene rings is 2. The van der Waals surface area contributed by atoms with E-state index in [1.165, 1.54) is 0 Å². The minimum absolute atomic E-state index is 0.523. The summed E-state index contributed by atoms with van der Waals surface area (Å²) in [5.41, 5.74) is 3.07. The van der Waals surface area contributed by atoms with Gasteiger partial charge in [0, 0.05) is 26.2 Å². The molecule has 0 aromatic heterocycles. The smallest absolute Gasteiger partial charge is 0.133 e. The summed E-state index contributed by atoms with van der Waals surface area (Å²) in [5, 5.41) is 10.4. The van der Waals surface area contributed by atoms with E-state index >= 15 is 0 Å². The molecule has 0 saturated heterocycles. The summed E-state index contributed by atoms with van der Waals surface area (Å²) < 4.78 is 6.12. The summed E-state index contributed by atoms with van der Waals surface area (Å²) in [5.74, 6) is 0.794. The summed E-state index contributed by atoms with van der Waals surface area (Å²) in [6, 6.07) is 13.8. The van der Waals surface area contributed by atoms with Gasteiger partial charge in [0.2, 0.25) is 0 Å². The van der Waals surface area contributed by atoms with Crippen LogP contribution in [0.25, 0.3) is 0 Å². The standard InChI is InChI=1S/C17H20BrNO2/c1-19(2)14-6-4-5-13(11-14)16(20)10-12-7-8-17(21-3)15(18)9-12/h4-9,11,16,20H,10H2,1-3H3. The van der Waals surface area contributed by atoms with E-state index in [2.05, 4.69) is 15.9 Å². The molecule has 0 bridgehead atoms. The lowest BCUT2D eigenvalue weighted by atomic mass is 10.0. The Morgan fingerprint density at radius 2 is 1.95 bits per heavy atom. The molecule has 0 heterocycles. The molecule has 4 heteroatoms. The van der Waals surface area contributed by atoms with Crippen LogP contribution in [-0.4, -0.2) is 26.3 Å². The van der Waals surface area contributed by atoms with E-state index < -0.39 is 6.10 Å². The maximum atomic E-state index is 10.4. The number of hydrogen-bond donors (Lipinski definition) is 1. The van der Waals surface area contributed by atoms with Crippen LogP contribution in [-0.2, 0) is 6.42 Å². The molecule has 0 aliphatic carbocycles. The molecular formula is C17H20BrNO2. The zero-order valence-electron chi connectivity index (χ0n) is 12.5. The summed E-state index contributed by atoms with van der Waals surface area (Å²) in [6.07, 6.45) is 0.0460. The van der Waals surface area contributed by atoms with Gasteiger partial charge in [-0.25, -0.2) is 0 Å². The molecule has 0 aliphatic heterocycles. The lowest BCUT2D eigenvalue weighted by Crippen LogP contribution is -2.10. The average Bonchev–Trinajstić information content (AvgIpc) is 2.47. The van der Waals surface area contributed by atoms with Crippen molar-refractivity contribution in [2.75, 3.05) is 26.1 Å². The van der Waals surface area contributed by atoms with Crippen molar-refractivity contribution in [3.8, 4) is 5.75 Å². The Kier molecular flexibility index (Phi) is 5.26. The van der Waals surface area contributed by atoms with Crippen molar-refractivity contribution in [2.24, 2.45) is 0 Å². The minimum Gasteiger partial charge on any atom is -0.496 e. The van der Waals surface area contributed by atoms with Gasteiger partial charge in [0.25, 0.3) is 0 Å². The SMILES string of the molecule is COc1ccc(CC(O)c2cccc(N(C)C)c2)cc1Br. The van der Waals surface area contributed by atoms with Gasteiger partial charge < -0.3 is 14.7 Å². The fraction of sp³-hybridized carbons (Fsp3) is 0.294. The van der Waals surface area contributed by atoms with E-state index in [9.17, 15) is 5.11 Å². The van der Waals surface area contributed by atoms with Crippen LogP contribution in [0.3, 0.4) is 0 Å². The predicted octanol–water partition coefficient (Wildman–Crippen LogP) is 3.80. The Labute approximate surface area is 134 Å². The summed E-state index contributed by atoms with van der Waals surface area (Å²) in [4.78, 5) is 2.03. The van der Waals surface area contributed by atoms with Crippen molar-refractivity contribution >= 4 is 21.6 Å². The van der Waals surface area contributed by atoms with E-state index in [0.29, 0.717) is 6.42 Å². The van der Waals surface area contributed by atoms with Crippen LogP contribution in [0.1, 0.15) is 17.2 Å². The molecule has 2 aromatic rings. The van der Waals surface area contributed by atoms with E-state index in [0.717, 1.165) is 27.0 Å². The van der Waals surface area contributed by atoms with Crippen molar-refractivity contribution in [1.82, 2.24) is 0 Å². The fourth-order valence-corrected chi connectivity index (χ4v) is 2.78.